The van der Waals surface area contributed by atoms with Crippen LogP contribution >= 0.6 is 0 Å². The number of ether oxygens (including phenoxy) is 1. The highest BCUT2D eigenvalue weighted by Crippen LogP contribution is 2.30. The van der Waals surface area contributed by atoms with E-state index in [9.17, 15) is 4.79 Å². The topological polar surface area (TPSA) is 167 Å². The molecule has 4 aromatic heterocycles. The van der Waals surface area contributed by atoms with Crippen LogP contribution in [0, 0.1) is 13.8 Å². The van der Waals surface area contributed by atoms with E-state index in [1.807, 2.05) is 37.5 Å². The fraction of sp³-hybridized carbons (Fsp3) is 0.361. The summed E-state index contributed by atoms with van der Waals surface area (Å²) in [6.07, 6.45) is 5.64. The second-order valence-corrected chi connectivity index (χ2v) is 12.3. The number of hydrogen-bond donors (Lipinski definition) is 3. The Kier molecular flexibility index (Phi) is 9.37. The molecule has 4 N–H and O–H groups in total. The highest BCUT2D eigenvalue weighted by Gasteiger charge is 2.20. The summed E-state index contributed by atoms with van der Waals surface area (Å²) in [5, 5.41) is 6.79. The molecule has 1 fully saturated rings. The molecule has 2 aromatic carbocycles. The minimum Gasteiger partial charge on any atom is -0.425 e. The molecule has 50 heavy (non-hydrogen) atoms. The number of nitrogens with one attached hydrogen (secondary N) is 2. The van der Waals surface area contributed by atoms with E-state index in [4.69, 9.17) is 29.3 Å². The maximum atomic E-state index is 12.0. The van der Waals surface area contributed by atoms with E-state index in [-0.39, 0.29) is 0 Å². The third-order valence-corrected chi connectivity index (χ3v) is 8.85. The molecule has 1 aliphatic rings. The number of oxazole rings is 2. The van der Waals surface area contributed by atoms with Crippen molar-refractivity contribution in [2.45, 2.75) is 60.2 Å². The lowest BCUT2D eigenvalue weighted by Crippen LogP contribution is -2.35. The Balaban J connectivity index is 1.23. The first-order chi connectivity index (χ1) is 24.3. The largest absolute Gasteiger partial charge is 0.425 e. The van der Waals surface area contributed by atoms with Crippen molar-refractivity contribution in [1.82, 2.24) is 34.0 Å². The van der Waals surface area contributed by atoms with Gasteiger partial charge in [-0.1, -0.05) is 38.1 Å². The van der Waals surface area contributed by atoms with Crippen molar-refractivity contribution in [3.8, 4) is 0 Å². The molecule has 6 aromatic rings. The lowest BCUT2D eigenvalue weighted by atomic mass is 10.1. The maximum absolute atomic E-state index is 12.0. The first-order valence-corrected chi connectivity index (χ1v) is 17.0. The number of carbonyl (C=O) groups is 1. The second kappa shape index (κ2) is 14.2. The number of aryl methyl sites for hydroxylation is 4. The monoisotopic (exact) mass is 678 g/mol. The molecule has 0 unspecified atom stereocenters. The van der Waals surface area contributed by atoms with E-state index in [0.717, 1.165) is 67.2 Å². The van der Waals surface area contributed by atoms with Crippen LogP contribution in [-0.4, -0.2) is 66.2 Å². The number of morpholine rings is 1. The summed E-state index contributed by atoms with van der Waals surface area (Å²) in [6, 6.07) is 11.6. The van der Waals surface area contributed by atoms with Gasteiger partial charge in [-0.3, -0.25) is 20.3 Å². The predicted octanol–water partition coefficient (Wildman–Crippen LogP) is 5.78. The Morgan fingerprint density at radius 3 is 2.10 bits per heavy atom. The normalized spacial score (nSPS) is 14.0. The van der Waals surface area contributed by atoms with Gasteiger partial charge in [0.15, 0.2) is 11.8 Å². The lowest BCUT2D eigenvalue weighted by molar-refractivity contribution is 0.0343. The predicted molar refractivity (Wildman–Crippen MR) is 191 cm³/mol. The number of allylic oxidation sites excluding steroid dienone is 2. The third kappa shape index (κ3) is 6.71. The summed E-state index contributed by atoms with van der Waals surface area (Å²) >= 11 is 0. The summed E-state index contributed by atoms with van der Waals surface area (Å²) in [7, 11) is 0. The summed E-state index contributed by atoms with van der Waals surface area (Å²) in [5.74, 6) is 3.05. The molecule has 5 heterocycles. The zero-order chi connectivity index (χ0) is 34.8. The molecule has 0 radical (unpaired) electrons. The van der Waals surface area contributed by atoms with Crippen LogP contribution in [0.2, 0.25) is 0 Å². The number of para-hydroxylation sites is 1. The molecule has 7 rings (SSSR count). The van der Waals surface area contributed by atoms with Crippen molar-refractivity contribution in [3.63, 3.8) is 0 Å². The molecule has 0 aliphatic carbocycles. The molecular weight excluding hydrogens is 636 g/mol. The number of hydrogen-bond acceptors (Lipinski definition) is 11. The van der Waals surface area contributed by atoms with Gasteiger partial charge in [-0.25, -0.2) is 19.9 Å². The van der Waals surface area contributed by atoms with Gasteiger partial charge in [0.1, 0.15) is 11.4 Å². The zero-order valence-electron chi connectivity index (χ0n) is 28.8. The number of amides is 1. The van der Waals surface area contributed by atoms with Gasteiger partial charge in [0.05, 0.1) is 35.3 Å². The Morgan fingerprint density at radius 2 is 1.46 bits per heavy atom. The van der Waals surface area contributed by atoms with Crippen LogP contribution in [0.15, 0.2) is 57.4 Å². The number of carbonyl (C=O) groups excluding carboxylic acids is 1. The summed E-state index contributed by atoms with van der Waals surface area (Å²) in [6.45, 7) is 12.8. The average Bonchev–Trinajstić information content (AvgIpc) is 3.86. The molecule has 14 nitrogen and oxygen atoms in total. The maximum Gasteiger partial charge on any atom is 0.248 e. The SMILES string of the molecule is CCc1nc(C)oc1Nc1nc2cc(C(N)=O)ccc2n1C/C=C/Cn1c(Nc2oc(C)nc2CC)nc2cccc(CN3CCOCC3)c21. The van der Waals surface area contributed by atoms with Gasteiger partial charge in [0.25, 0.3) is 0 Å². The number of nitrogens with two attached hydrogens (primary N) is 1. The summed E-state index contributed by atoms with van der Waals surface area (Å²) in [5.41, 5.74) is 12.3. The van der Waals surface area contributed by atoms with Gasteiger partial charge < -0.3 is 28.4 Å². The van der Waals surface area contributed by atoms with Crippen LogP contribution in [0.1, 0.15) is 52.9 Å². The Labute approximate surface area is 289 Å². The van der Waals surface area contributed by atoms with E-state index in [2.05, 4.69) is 61.3 Å². The molecule has 1 amide bonds. The Bertz CT molecular complexity index is 2180. The molecule has 14 heteroatoms. The van der Waals surface area contributed by atoms with Gasteiger partial charge in [-0.15, -0.1) is 0 Å². The van der Waals surface area contributed by atoms with E-state index < -0.39 is 5.91 Å². The molecule has 1 saturated heterocycles. The first-order valence-electron chi connectivity index (χ1n) is 17.0. The van der Waals surface area contributed by atoms with Crippen LogP contribution in [0.3, 0.4) is 0 Å². The van der Waals surface area contributed by atoms with Crippen LogP contribution in [0.25, 0.3) is 22.1 Å². The number of nitrogens with zero attached hydrogens (tertiary/aromatic N) is 7. The van der Waals surface area contributed by atoms with Crippen molar-refractivity contribution in [1.29, 1.82) is 0 Å². The van der Waals surface area contributed by atoms with Gasteiger partial charge in [-0.2, -0.15) is 0 Å². The van der Waals surface area contributed by atoms with E-state index in [1.54, 1.807) is 12.1 Å². The molecule has 0 spiro atoms. The summed E-state index contributed by atoms with van der Waals surface area (Å²) in [4.78, 5) is 33.3. The smallest absolute Gasteiger partial charge is 0.248 e. The minimum absolute atomic E-state index is 0.391. The zero-order valence-corrected chi connectivity index (χ0v) is 28.8. The van der Waals surface area contributed by atoms with Crippen molar-refractivity contribution >= 4 is 51.6 Å². The fourth-order valence-corrected chi connectivity index (χ4v) is 6.40. The van der Waals surface area contributed by atoms with Crippen molar-refractivity contribution in [3.05, 3.63) is 82.8 Å². The lowest BCUT2D eigenvalue weighted by Gasteiger charge is -2.27. The quantitative estimate of drug-likeness (QED) is 0.127. The van der Waals surface area contributed by atoms with E-state index >= 15 is 0 Å². The third-order valence-electron chi connectivity index (χ3n) is 8.85. The van der Waals surface area contributed by atoms with Crippen molar-refractivity contribution < 1.29 is 18.4 Å². The molecular formula is C36H42N10O4. The van der Waals surface area contributed by atoms with Crippen LogP contribution < -0.4 is 16.4 Å². The number of benzene rings is 2. The molecule has 0 atom stereocenters. The van der Waals surface area contributed by atoms with Crippen LogP contribution in [0.5, 0.6) is 0 Å². The van der Waals surface area contributed by atoms with Gasteiger partial charge in [0.2, 0.25) is 29.6 Å². The van der Waals surface area contributed by atoms with Crippen LogP contribution in [0.4, 0.5) is 23.7 Å². The Hall–Kier alpha value is -5.47. The summed E-state index contributed by atoms with van der Waals surface area (Å²) < 4.78 is 21.7. The number of rotatable bonds is 13. The average molecular weight is 679 g/mol. The second-order valence-electron chi connectivity index (χ2n) is 12.3. The van der Waals surface area contributed by atoms with Crippen molar-refractivity contribution in [2.24, 2.45) is 5.73 Å². The highest BCUT2D eigenvalue weighted by molar-refractivity contribution is 5.96. The first kappa shape index (κ1) is 33.0. The molecule has 1 aliphatic heterocycles. The fourth-order valence-electron chi connectivity index (χ4n) is 6.40. The molecule has 0 bridgehead atoms. The van der Waals surface area contributed by atoms with Gasteiger partial charge >= 0.3 is 0 Å². The number of fused-ring (bicyclic) bond motifs is 2. The van der Waals surface area contributed by atoms with Crippen molar-refractivity contribution in [2.75, 3.05) is 36.9 Å². The number of imidazole rings is 2. The van der Waals surface area contributed by atoms with Crippen LogP contribution in [-0.2, 0) is 37.2 Å². The molecule has 0 saturated carbocycles. The minimum atomic E-state index is -0.508. The van der Waals surface area contributed by atoms with E-state index in [0.29, 0.717) is 66.0 Å². The van der Waals surface area contributed by atoms with Gasteiger partial charge in [-0.05, 0) is 42.7 Å². The highest BCUT2D eigenvalue weighted by atomic mass is 16.5. The number of anilines is 4. The van der Waals surface area contributed by atoms with E-state index in [1.165, 1.54) is 5.56 Å². The van der Waals surface area contributed by atoms with Gasteiger partial charge in [0, 0.05) is 52.1 Å². The number of aromatic nitrogens is 6. The number of primary amides is 1. The molecule has 260 valence electrons. The standard InChI is InChI=1S/C36H42N10O4/c1-5-26-33(49-22(3)38-26)42-35-41-29-20-24(32(37)47)12-13-30(29)45(35)14-7-8-15-46-31-25(21-44-16-18-48-19-17-44)10-9-11-28(31)40-36(46)43-34-27(6-2)39-23(4)50-34/h7-13,20H,5-6,14-19,21H2,1-4H3,(H2,37,47)(H,40,43)(H,41,42)/b8-7+. The Morgan fingerprint density at radius 1 is 0.840 bits per heavy atom.